The topological polar surface area (TPSA) is 99.4 Å². The summed E-state index contributed by atoms with van der Waals surface area (Å²) in [5, 5.41) is 18.2. The lowest BCUT2D eigenvalue weighted by Gasteiger charge is -2.18. The largest absolute Gasteiger partial charge is 0.475 e. The molecule has 6 heteroatoms. The monoisotopic (exact) mass is 234 g/mol. The fraction of sp³-hybridized carbons (Fsp3) is 0.273. The van der Waals surface area contributed by atoms with Crippen LogP contribution >= 0.6 is 0 Å². The summed E-state index contributed by atoms with van der Waals surface area (Å²) in [6.45, 7) is -0.0515. The third-order valence-corrected chi connectivity index (χ3v) is 3.02. The van der Waals surface area contributed by atoms with Gasteiger partial charge in [0.2, 0.25) is 5.76 Å². The first-order chi connectivity index (χ1) is 8.20. The number of furan rings is 1. The van der Waals surface area contributed by atoms with Crippen LogP contribution in [0.3, 0.4) is 0 Å². The van der Waals surface area contributed by atoms with Crippen molar-refractivity contribution < 1.29 is 19.4 Å². The van der Waals surface area contributed by atoms with E-state index >= 15 is 0 Å². The summed E-state index contributed by atoms with van der Waals surface area (Å²) in [4.78, 5) is 18.0. The minimum Gasteiger partial charge on any atom is -0.475 e. The van der Waals surface area contributed by atoms with Gasteiger partial charge in [-0.2, -0.15) is 0 Å². The van der Waals surface area contributed by atoms with Crippen molar-refractivity contribution in [3.05, 3.63) is 29.4 Å². The summed E-state index contributed by atoms with van der Waals surface area (Å²) in [5.41, 5.74) is 2.21. The van der Waals surface area contributed by atoms with Gasteiger partial charge in [-0.25, -0.2) is 9.78 Å². The fourth-order valence-corrected chi connectivity index (χ4v) is 2.19. The Morgan fingerprint density at radius 3 is 3.18 bits per heavy atom. The standard InChI is InChI=1S/C11H10N2O4/c14-3-5-1-7-9(13-4-12-7)10-6(5)2-8(17-10)11(15)16/h2,4-5,14H,1,3H2,(H,12,13)(H,15,16). The second kappa shape index (κ2) is 3.46. The number of rotatable bonds is 2. The number of fused-ring (bicyclic) bond motifs is 3. The first-order valence-electron chi connectivity index (χ1n) is 5.21. The van der Waals surface area contributed by atoms with Crippen LogP contribution in [0.4, 0.5) is 0 Å². The summed E-state index contributed by atoms with van der Waals surface area (Å²) in [6.07, 6.45) is 2.15. The van der Waals surface area contributed by atoms with E-state index in [9.17, 15) is 9.90 Å². The number of aromatic amines is 1. The van der Waals surface area contributed by atoms with Gasteiger partial charge in [0, 0.05) is 17.2 Å². The maximum Gasteiger partial charge on any atom is 0.371 e. The predicted molar refractivity (Wildman–Crippen MR) is 56.8 cm³/mol. The number of carboxylic acid groups (broad SMARTS) is 1. The first kappa shape index (κ1) is 10.1. The number of carbonyl (C=O) groups is 1. The zero-order valence-corrected chi connectivity index (χ0v) is 8.80. The molecule has 0 fully saturated rings. The zero-order chi connectivity index (χ0) is 12.0. The third-order valence-electron chi connectivity index (χ3n) is 3.02. The number of aliphatic hydroxyl groups excluding tert-OH is 1. The predicted octanol–water partition coefficient (Wildman–Crippen LogP) is 1.000. The molecule has 0 bridgehead atoms. The van der Waals surface area contributed by atoms with Gasteiger partial charge in [-0.1, -0.05) is 0 Å². The van der Waals surface area contributed by atoms with Gasteiger partial charge in [0.05, 0.1) is 12.9 Å². The molecule has 1 aliphatic rings. The van der Waals surface area contributed by atoms with Gasteiger partial charge in [0.15, 0.2) is 5.76 Å². The maximum atomic E-state index is 10.9. The molecule has 1 atom stereocenters. The Hall–Kier alpha value is -2.08. The molecule has 0 saturated carbocycles. The number of nitrogens with one attached hydrogen (secondary N) is 1. The lowest BCUT2D eigenvalue weighted by atomic mass is 9.88. The number of hydrogen-bond donors (Lipinski definition) is 3. The number of imidazole rings is 1. The molecule has 1 unspecified atom stereocenters. The lowest BCUT2D eigenvalue weighted by Crippen LogP contribution is -2.13. The van der Waals surface area contributed by atoms with E-state index < -0.39 is 5.97 Å². The van der Waals surface area contributed by atoms with Crippen LogP contribution in [0.2, 0.25) is 0 Å². The highest BCUT2D eigenvalue weighted by atomic mass is 16.4. The first-order valence-corrected chi connectivity index (χ1v) is 5.21. The number of aromatic nitrogens is 2. The van der Waals surface area contributed by atoms with E-state index in [1.54, 1.807) is 0 Å². The molecule has 0 aliphatic heterocycles. The molecular weight excluding hydrogens is 224 g/mol. The Morgan fingerprint density at radius 2 is 2.47 bits per heavy atom. The number of carboxylic acids is 1. The Morgan fingerprint density at radius 1 is 1.65 bits per heavy atom. The van der Waals surface area contributed by atoms with Gasteiger partial charge in [-0.05, 0) is 12.5 Å². The minimum atomic E-state index is -1.12. The van der Waals surface area contributed by atoms with Gasteiger partial charge in [0.1, 0.15) is 5.69 Å². The van der Waals surface area contributed by atoms with Crippen LogP contribution in [0.1, 0.15) is 27.7 Å². The van der Waals surface area contributed by atoms with E-state index in [4.69, 9.17) is 9.52 Å². The zero-order valence-electron chi connectivity index (χ0n) is 8.80. The molecule has 88 valence electrons. The third kappa shape index (κ3) is 1.38. The van der Waals surface area contributed by atoms with Crippen molar-refractivity contribution in [3.63, 3.8) is 0 Å². The van der Waals surface area contributed by atoms with Crippen LogP contribution in [0.15, 0.2) is 16.8 Å². The average Bonchev–Trinajstić information content (AvgIpc) is 2.92. The highest BCUT2D eigenvalue weighted by Gasteiger charge is 2.31. The summed E-state index contributed by atoms with van der Waals surface area (Å²) >= 11 is 0. The molecule has 3 rings (SSSR count). The maximum absolute atomic E-state index is 10.9. The van der Waals surface area contributed by atoms with Crippen LogP contribution in [0.5, 0.6) is 0 Å². The second-order valence-electron chi connectivity index (χ2n) is 4.01. The van der Waals surface area contributed by atoms with E-state index in [0.29, 0.717) is 23.4 Å². The highest BCUT2D eigenvalue weighted by Crippen LogP contribution is 2.39. The van der Waals surface area contributed by atoms with Gasteiger partial charge < -0.3 is 19.6 Å². The van der Waals surface area contributed by atoms with Crippen molar-refractivity contribution in [3.8, 4) is 11.5 Å². The molecule has 0 saturated heterocycles. The van der Waals surface area contributed by atoms with Crippen LogP contribution in [-0.2, 0) is 6.42 Å². The molecular formula is C11H10N2O4. The van der Waals surface area contributed by atoms with Crippen molar-refractivity contribution in [1.82, 2.24) is 9.97 Å². The van der Waals surface area contributed by atoms with Crippen molar-refractivity contribution in [2.24, 2.45) is 0 Å². The molecule has 2 aromatic heterocycles. The lowest BCUT2D eigenvalue weighted by molar-refractivity contribution is 0.0663. The average molecular weight is 234 g/mol. The van der Waals surface area contributed by atoms with Crippen molar-refractivity contribution in [2.75, 3.05) is 6.61 Å². The van der Waals surface area contributed by atoms with Crippen molar-refractivity contribution in [2.45, 2.75) is 12.3 Å². The van der Waals surface area contributed by atoms with Crippen molar-refractivity contribution in [1.29, 1.82) is 0 Å². The normalized spacial score (nSPS) is 17.6. The minimum absolute atomic E-state index is 0.0515. The molecule has 0 aromatic carbocycles. The molecule has 2 heterocycles. The van der Waals surface area contributed by atoms with E-state index in [2.05, 4.69) is 9.97 Å². The number of aromatic carboxylic acids is 1. The molecule has 0 radical (unpaired) electrons. The summed E-state index contributed by atoms with van der Waals surface area (Å²) in [7, 11) is 0. The molecule has 2 aromatic rings. The highest BCUT2D eigenvalue weighted by molar-refractivity contribution is 5.86. The van der Waals surface area contributed by atoms with Crippen LogP contribution in [0.25, 0.3) is 11.5 Å². The summed E-state index contributed by atoms with van der Waals surface area (Å²) < 4.78 is 5.29. The van der Waals surface area contributed by atoms with Crippen molar-refractivity contribution >= 4 is 5.97 Å². The van der Waals surface area contributed by atoms with E-state index in [1.165, 1.54) is 12.4 Å². The number of H-pyrrole nitrogens is 1. The van der Waals surface area contributed by atoms with Gasteiger partial charge >= 0.3 is 5.97 Å². The van der Waals surface area contributed by atoms with Crippen LogP contribution < -0.4 is 0 Å². The summed E-state index contributed by atoms with van der Waals surface area (Å²) in [6, 6.07) is 1.47. The molecule has 0 spiro atoms. The second-order valence-corrected chi connectivity index (χ2v) is 4.01. The van der Waals surface area contributed by atoms with Gasteiger partial charge in [-0.3, -0.25) is 0 Å². The molecule has 6 nitrogen and oxygen atoms in total. The quantitative estimate of drug-likeness (QED) is 0.719. The van der Waals surface area contributed by atoms with E-state index in [-0.39, 0.29) is 18.3 Å². The van der Waals surface area contributed by atoms with Gasteiger partial charge in [0.25, 0.3) is 0 Å². The number of aliphatic hydroxyl groups is 1. The number of hydrogen-bond acceptors (Lipinski definition) is 4. The van der Waals surface area contributed by atoms with Crippen LogP contribution in [0, 0.1) is 0 Å². The Balaban J connectivity index is 2.20. The Kier molecular flexibility index (Phi) is 2.05. The van der Waals surface area contributed by atoms with Gasteiger partial charge in [-0.15, -0.1) is 0 Å². The fourth-order valence-electron chi connectivity index (χ4n) is 2.19. The summed E-state index contributed by atoms with van der Waals surface area (Å²) in [5.74, 6) is -0.934. The molecule has 0 amide bonds. The molecule has 17 heavy (non-hydrogen) atoms. The molecule has 1 aliphatic carbocycles. The Labute approximate surface area is 95.9 Å². The van der Waals surface area contributed by atoms with E-state index in [0.717, 1.165) is 5.69 Å². The van der Waals surface area contributed by atoms with Crippen LogP contribution in [-0.4, -0.2) is 32.8 Å². The number of nitrogens with zero attached hydrogens (tertiary/aromatic N) is 1. The SMILES string of the molecule is O=C(O)c1cc2c(o1)-c1nc[nH]c1CC2CO. The Bertz CT molecular complexity index is 584. The molecule has 3 N–H and O–H groups in total. The van der Waals surface area contributed by atoms with E-state index in [1.807, 2.05) is 0 Å². The smallest absolute Gasteiger partial charge is 0.371 e.